The van der Waals surface area contributed by atoms with Crippen LogP contribution in [-0.2, 0) is 10.0 Å². The van der Waals surface area contributed by atoms with Gasteiger partial charge < -0.3 is 4.90 Å². The molecule has 1 atom stereocenters. The fraction of sp³-hybridized carbons (Fsp3) is 0.750. The van der Waals surface area contributed by atoms with Crippen LogP contribution >= 0.6 is 22.6 Å². The highest BCUT2D eigenvalue weighted by molar-refractivity contribution is 14.1. The molecule has 0 heterocycles. The van der Waals surface area contributed by atoms with Crippen LogP contribution in [0.15, 0.2) is 11.5 Å². The summed E-state index contributed by atoms with van der Waals surface area (Å²) in [7, 11) is 0.0392. The van der Waals surface area contributed by atoms with Crippen LogP contribution in [-0.4, -0.2) is 37.9 Å². The average molecular weight is 332 g/mol. The molecule has 1 unspecified atom stereocenters. The molecule has 0 bridgehead atoms. The van der Waals surface area contributed by atoms with E-state index in [1.54, 1.807) is 0 Å². The van der Waals surface area contributed by atoms with Crippen LogP contribution in [0.4, 0.5) is 0 Å². The molecule has 0 aliphatic heterocycles. The average Bonchev–Trinajstić information content (AvgIpc) is 2.02. The van der Waals surface area contributed by atoms with E-state index >= 15 is 0 Å². The summed E-state index contributed by atoms with van der Waals surface area (Å²) in [5, 5.41) is 5.03. The van der Waals surface area contributed by atoms with Crippen molar-refractivity contribution in [2.75, 3.05) is 18.5 Å². The summed E-state index contributed by atoms with van der Waals surface area (Å²) in [6.07, 6.45) is 1.73. The zero-order valence-electron chi connectivity index (χ0n) is 8.53. The Morgan fingerprint density at radius 1 is 1.57 bits per heavy atom. The Morgan fingerprint density at radius 3 is 2.36 bits per heavy atom. The van der Waals surface area contributed by atoms with E-state index in [-0.39, 0.29) is 10.9 Å². The summed E-state index contributed by atoms with van der Waals surface area (Å²) in [6.45, 7) is 3.54. The van der Waals surface area contributed by atoms with E-state index in [1.165, 1.54) is 0 Å². The predicted molar refractivity (Wildman–Crippen MR) is 67.8 cm³/mol. The maximum Gasteiger partial charge on any atom is 0.235 e. The van der Waals surface area contributed by atoms with Gasteiger partial charge in [-0.3, -0.25) is 0 Å². The molecule has 0 amide bonds. The van der Waals surface area contributed by atoms with E-state index in [9.17, 15) is 8.42 Å². The second kappa shape index (κ2) is 6.04. The lowest BCUT2D eigenvalue weighted by atomic mass is 10.1. The van der Waals surface area contributed by atoms with Crippen molar-refractivity contribution in [1.82, 2.24) is 4.90 Å². The zero-order chi connectivity index (χ0) is 11.4. The second-order valence-electron chi connectivity index (χ2n) is 3.32. The second-order valence-corrected chi connectivity index (χ2v) is 6.02. The first-order valence-corrected chi connectivity index (χ1v) is 7.32. The Kier molecular flexibility index (Phi) is 6.19. The number of likely N-dealkylation sites (N-methyl/N-ethyl adjacent to an activating group) is 1. The monoisotopic (exact) mass is 332 g/mol. The van der Waals surface area contributed by atoms with Gasteiger partial charge in [0.15, 0.2) is 0 Å². The molecule has 0 radical (unpaired) electrons. The van der Waals surface area contributed by atoms with Gasteiger partial charge in [-0.25, -0.2) is 13.6 Å². The van der Waals surface area contributed by atoms with Crippen molar-refractivity contribution >= 4 is 32.6 Å². The van der Waals surface area contributed by atoms with Gasteiger partial charge in [0.1, 0.15) is 0 Å². The van der Waals surface area contributed by atoms with Gasteiger partial charge in [0, 0.05) is 6.04 Å². The molecule has 0 aromatic rings. The molecule has 0 rings (SSSR count). The topological polar surface area (TPSA) is 63.4 Å². The van der Waals surface area contributed by atoms with Crippen molar-refractivity contribution in [3.8, 4) is 0 Å². The van der Waals surface area contributed by atoms with E-state index in [2.05, 4.69) is 29.2 Å². The molecule has 2 N–H and O–H groups in total. The lowest BCUT2D eigenvalue weighted by Gasteiger charge is -2.24. The summed E-state index contributed by atoms with van der Waals surface area (Å²) < 4.78 is 23.2. The third-order valence-corrected chi connectivity index (χ3v) is 3.74. The Hall–Kier alpha value is 0.340. The summed E-state index contributed by atoms with van der Waals surface area (Å²) in [5.41, 5.74) is 0. The number of rotatable bonds is 6. The first-order chi connectivity index (χ1) is 6.30. The van der Waals surface area contributed by atoms with Crippen LogP contribution in [0, 0.1) is 0 Å². The van der Waals surface area contributed by atoms with Gasteiger partial charge in [-0.1, -0.05) is 29.2 Å². The van der Waals surface area contributed by atoms with Gasteiger partial charge in [-0.2, -0.15) is 0 Å². The van der Waals surface area contributed by atoms with Crippen LogP contribution < -0.4 is 5.14 Å². The van der Waals surface area contributed by atoms with Crippen LogP contribution in [0.2, 0.25) is 0 Å². The maximum absolute atomic E-state index is 11.1. The number of nitrogens with two attached hydrogens (primary N) is 1. The van der Waals surface area contributed by atoms with Gasteiger partial charge >= 0.3 is 0 Å². The highest BCUT2D eigenvalue weighted by Crippen LogP contribution is 2.16. The summed E-state index contributed by atoms with van der Waals surface area (Å²) >= 11 is 2.26. The number of nitrogens with zero attached hydrogens (tertiary/aromatic N) is 1. The number of primary sulfonamides is 1. The largest absolute Gasteiger partial charge is 0.302 e. The van der Waals surface area contributed by atoms with E-state index < -0.39 is 10.0 Å². The smallest absolute Gasteiger partial charge is 0.235 e. The van der Waals surface area contributed by atoms with E-state index in [1.807, 2.05) is 19.0 Å². The highest BCUT2D eigenvalue weighted by atomic mass is 127. The number of sulfonamides is 1. The lowest BCUT2D eigenvalue weighted by molar-refractivity contribution is 0.321. The van der Waals surface area contributed by atoms with Crippen LogP contribution in [0.25, 0.3) is 0 Å². The van der Waals surface area contributed by atoms with E-state index in [4.69, 9.17) is 5.14 Å². The minimum Gasteiger partial charge on any atom is -0.302 e. The standard InChI is InChI=1S/C8H17IN2O2S/c1-7(14(10,12)13)8(11(2)3)5-4-6-9/h8H,1,4-6H2,2-3H3,(H2,10,12,13). The molecule has 0 aliphatic rings. The third-order valence-electron chi connectivity index (χ3n) is 1.97. The number of hydrogen-bond donors (Lipinski definition) is 1. The van der Waals surface area contributed by atoms with Crippen molar-refractivity contribution in [3.63, 3.8) is 0 Å². The fourth-order valence-electron chi connectivity index (χ4n) is 1.17. The maximum atomic E-state index is 11.1. The molecule has 14 heavy (non-hydrogen) atoms. The minimum absolute atomic E-state index is 0.104. The molecule has 6 heteroatoms. The highest BCUT2D eigenvalue weighted by Gasteiger charge is 2.22. The third kappa shape index (κ3) is 4.72. The molecular weight excluding hydrogens is 315 g/mol. The van der Waals surface area contributed by atoms with Gasteiger partial charge in [-0.05, 0) is 31.4 Å². The molecule has 0 saturated heterocycles. The van der Waals surface area contributed by atoms with Crippen molar-refractivity contribution < 1.29 is 8.42 Å². The summed E-state index contributed by atoms with van der Waals surface area (Å²) in [4.78, 5) is 1.94. The molecule has 0 aliphatic carbocycles. The first kappa shape index (κ1) is 14.3. The molecule has 84 valence electrons. The van der Waals surface area contributed by atoms with Gasteiger partial charge in [0.05, 0.1) is 4.91 Å². The number of hydrogen-bond acceptors (Lipinski definition) is 3. The molecule has 0 spiro atoms. The predicted octanol–water partition coefficient (Wildman–Crippen LogP) is 0.934. The van der Waals surface area contributed by atoms with Crippen LogP contribution in [0.5, 0.6) is 0 Å². The summed E-state index contributed by atoms with van der Waals surface area (Å²) in [6, 6.07) is -0.181. The molecular formula is C8H17IN2O2S. The molecule has 0 aromatic heterocycles. The summed E-state index contributed by atoms with van der Waals surface area (Å²) in [5.74, 6) is 0. The van der Waals surface area contributed by atoms with Crippen LogP contribution in [0.3, 0.4) is 0 Å². The molecule has 0 fully saturated rings. The number of alkyl halides is 1. The Balaban J connectivity index is 4.59. The quantitative estimate of drug-likeness (QED) is 0.581. The van der Waals surface area contributed by atoms with Crippen molar-refractivity contribution in [3.05, 3.63) is 11.5 Å². The van der Waals surface area contributed by atoms with Gasteiger partial charge in [0.2, 0.25) is 10.0 Å². The van der Waals surface area contributed by atoms with Crippen molar-refractivity contribution in [2.45, 2.75) is 18.9 Å². The minimum atomic E-state index is -3.62. The lowest BCUT2D eigenvalue weighted by Crippen LogP contribution is -2.34. The van der Waals surface area contributed by atoms with Crippen molar-refractivity contribution in [1.29, 1.82) is 0 Å². The SMILES string of the molecule is C=C(C(CCCI)N(C)C)S(N)(=O)=O. The van der Waals surface area contributed by atoms with Gasteiger partial charge in [-0.15, -0.1) is 0 Å². The zero-order valence-corrected chi connectivity index (χ0v) is 11.5. The molecule has 0 aromatic carbocycles. The van der Waals surface area contributed by atoms with E-state index in [0.29, 0.717) is 0 Å². The molecule has 0 saturated carbocycles. The van der Waals surface area contributed by atoms with Gasteiger partial charge in [0.25, 0.3) is 0 Å². The Bertz CT molecular complexity index is 288. The van der Waals surface area contributed by atoms with Crippen LogP contribution in [0.1, 0.15) is 12.8 Å². The molecule has 4 nitrogen and oxygen atoms in total. The van der Waals surface area contributed by atoms with E-state index in [0.717, 1.165) is 17.3 Å². The Morgan fingerprint density at radius 2 is 2.07 bits per heavy atom. The number of halogens is 1. The first-order valence-electron chi connectivity index (χ1n) is 4.24. The van der Waals surface area contributed by atoms with Crippen molar-refractivity contribution in [2.24, 2.45) is 5.14 Å². The Labute approximate surface area is 99.7 Å². The normalized spacial score (nSPS) is 14.4. The fourth-order valence-corrected chi connectivity index (χ4v) is 2.32.